The second-order valence-electron chi connectivity index (χ2n) is 4.02. The molecule has 0 bridgehead atoms. The number of carbonyl (C=O) groups excluding carboxylic acids is 1. The third-order valence-electron chi connectivity index (χ3n) is 2.71. The first-order valence-electron chi connectivity index (χ1n) is 5.88. The van der Waals surface area contributed by atoms with E-state index >= 15 is 0 Å². The maximum atomic E-state index is 11.9. The molecule has 0 saturated carbocycles. The summed E-state index contributed by atoms with van der Waals surface area (Å²) in [4.78, 5) is 24.0. The molecule has 0 radical (unpaired) electrons. The van der Waals surface area contributed by atoms with E-state index in [1.54, 1.807) is 25.6 Å². The molecule has 0 fully saturated rings. The van der Waals surface area contributed by atoms with E-state index in [0.717, 1.165) is 11.1 Å². The molecular formula is C13H15N5O. The molecule has 0 saturated heterocycles. The first kappa shape index (κ1) is 12.9. The summed E-state index contributed by atoms with van der Waals surface area (Å²) in [5.41, 5.74) is 2.35. The first-order chi connectivity index (χ1) is 9.20. The Morgan fingerprint density at radius 1 is 1.26 bits per heavy atom. The maximum Gasteiger partial charge on any atom is 0.271 e. The van der Waals surface area contributed by atoms with E-state index in [-0.39, 0.29) is 11.6 Å². The highest BCUT2D eigenvalue weighted by molar-refractivity contribution is 5.92. The van der Waals surface area contributed by atoms with Crippen LogP contribution in [0.15, 0.2) is 30.9 Å². The van der Waals surface area contributed by atoms with Crippen LogP contribution in [-0.4, -0.2) is 27.9 Å². The summed E-state index contributed by atoms with van der Waals surface area (Å²) in [6, 6.07) is 1.91. The number of nitrogens with one attached hydrogen (secondary N) is 2. The van der Waals surface area contributed by atoms with Crippen molar-refractivity contribution in [1.29, 1.82) is 0 Å². The zero-order valence-electron chi connectivity index (χ0n) is 10.8. The van der Waals surface area contributed by atoms with Gasteiger partial charge in [-0.3, -0.25) is 14.8 Å². The summed E-state index contributed by atoms with van der Waals surface area (Å²) < 4.78 is 0. The number of aromatic nitrogens is 3. The number of aryl methyl sites for hydroxylation is 1. The molecule has 0 aliphatic carbocycles. The topological polar surface area (TPSA) is 79.8 Å². The van der Waals surface area contributed by atoms with Gasteiger partial charge in [-0.1, -0.05) is 0 Å². The summed E-state index contributed by atoms with van der Waals surface area (Å²) in [6.45, 7) is 2.40. The van der Waals surface area contributed by atoms with Crippen LogP contribution in [0.4, 0.5) is 5.82 Å². The monoisotopic (exact) mass is 257 g/mol. The molecule has 2 N–H and O–H groups in total. The highest BCUT2D eigenvalue weighted by Gasteiger charge is 2.08. The van der Waals surface area contributed by atoms with Crippen LogP contribution < -0.4 is 10.6 Å². The number of amides is 1. The second-order valence-corrected chi connectivity index (χ2v) is 4.02. The lowest BCUT2D eigenvalue weighted by atomic mass is 10.1. The van der Waals surface area contributed by atoms with Crippen LogP contribution in [0.2, 0.25) is 0 Å². The third kappa shape index (κ3) is 3.25. The maximum absolute atomic E-state index is 11.9. The Hall–Kier alpha value is -2.50. The Balaban J connectivity index is 2.03. The molecule has 98 valence electrons. The van der Waals surface area contributed by atoms with Crippen LogP contribution >= 0.6 is 0 Å². The highest BCUT2D eigenvalue weighted by atomic mass is 16.1. The quantitative estimate of drug-likeness (QED) is 0.859. The fourth-order valence-electron chi connectivity index (χ4n) is 1.54. The van der Waals surface area contributed by atoms with Gasteiger partial charge in [0, 0.05) is 26.0 Å². The van der Waals surface area contributed by atoms with Crippen molar-refractivity contribution in [2.75, 3.05) is 12.4 Å². The van der Waals surface area contributed by atoms with Gasteiger partial charge in [0.2, 0.25) is 0 Å². The molecule has 6 heteroatoms. The lowest BCUT2D eigenvalue weighted by molar-refractivity contribution is 0.0945. The van der Waals surface area contributed by atoms with Crippen LogP contribution in [0.3, 0.4) is 0 Å². The molecular weight excluding hydrogens is 242 g/mol. The molecule has 6 nitrogen and oxygen atoms in total. The zero-order valence-corrected chi connectivity index (χ0v) is 10.8. The van der Waals surface area contributed by atoms with Crippen molar-refractivity contribution in [2.24, 2.45) is 0 Å². The minimum atomic E-state index is -0.257. The SMILES string of the molecule is CNc1cncc(C(=O)NCc2cnccc2C)n1. The average molecular weight is 257 g/mol. The molecule has 2 aromatic rings. The van der Waals surface area contributed by atoms with Crippen LogP contribution in [-0.2, 0) is 6.54 Å². The number of carbonyl (C=O) groups is 1. The van der Waals surface area contributed by atoms with Crippen molar-refractivity contribution < 1.29 is 4.79 Å². The number of nitrogens with zero attached hydrogens (tertiary/aromatic N) is 3. The van der Waals surface area contributed by atoms with Crippen LogP contribution in [0, 0.1) is 6.92 Å². The molecule has 0 aliphatic rings. The molecule has 0 aromatic carbocycles. The standard InChI is InChI=1S/C13H15N5O/c1-9-3-4-15-5-10(9)6-17-13(19)11-7-16-8-12(14-2)18-11/h3-5,7-8H,6H2,1-2H3,(H,14,18)(H,17,19). The summed E-state index contributed by atoms with van der Waals surface area (Å²) in [7, 11) is 1.73. The Morgan fingerprint density at radius 2 is 2.11 bits per heavy atom. The fraction of sp³-hybridized carbons (Fsp3) is 0.231. The van der Waals surface area contributed by atoms with Gasteiger partial charge in [0.15, 0.2) is 0 Å². The predicted octanol–water partition coefficient (Wildman–Crippen LogP) is 1.15. The van der Waals surface area contributed by atoms with Gasteiger partial charge in [-0.05, 0) is 24.1 Å². The molecule has 0 aliphatic heterocycles. The minimum Gasteiger partial charge on any atom is -0.372 e. The van der Waals surface area contributed by atoms with Crippen LogP contribution in [0.1, 0.15) is 21.6 Å². The molecule has 0 atom stereocenters. The van der Waals surface area contributed by atoms with Gasteiger partial charge in [-0.25, -0.2) is 4.98 Å². The van der Waals surface area contributed by atoms with E-state index in [4.69, 9.17) is 0 Å². The lowest BCUT2D eigenvalue weighted by Gasteiger charge is -2.07. The summed E-state index contributed by atoms with van der Waals surface area (Å²) in [5, 5.41) is 5.64. The van der Waals surface area contributed by atoms with Crippen molar-refractivity contribution in [3.8, 4) is 0 Å². The van der Waals surface area contributed by atoms with Crippen molar-refractivity contribution in [1.82, 2.24) is 20.3 Å². The number of hydrogen-bond acceptors (Lipinski definition) is 5. The number of anilines is 1. The van der Waals surface area contributed by atoms with E-state index in [1.807, 2.05) is 13.0 Å². The number of hydrogen-bond donors (Lipinski definition) is 2. The van der Waals surface area contributed by atoms with Gasteiger partial charge in [0.05, 0.1) is 12.4 Å². The largest absolute Gasteiger partial charge is 0.372 e. The van der Waals surface area contributed by atoms with Gasteiger partial charge >= 0.3 is 0 Å². The molecule has 0 unspecified atom stereocenters. The molecule has 1 amide bonds. The summed E-state index contributed by atoms with van der Waals surface area (Å²) >= 11 is 0. The third-order valence-corrected chi connectivity index (χ3v) is 2.71. The summed E-state index contributed by atoms with van der Waals surface area (Å²) in [6.07, 6.45) is 6.46. The summed E-state index contributed by atoms with van der Waals surface area (Å²) in [5.74, 6) is 0.304. The number of pyridine rings is 1. The number of rotatable bonds is 4. The Kier molecular flexibility index (Phi) is 4.02. The van der Waals surface area contributed by atoms with Gasteiger partial charge in [0.1, 0.15) is 11.5 Å². The molecule has 2 rings (SSSR count). The van der Waals surface area contributed by atoms with Crippen molar-refractivity contribution in [3.05, 3.63) is 47.7 Å². The molecule has 2 aromatic heterocycles. The molecule has 19 heavy (non-hydrogen) atoms. The lowest BCUT2D eigenvalue weighted by Crippen LogP contribution is -2.24. The van der Waals surface area contributed by atoms with E-state index in [9.17, 15) is 4.79 Å². The molecule has 0 spiro atoms. The van der Waals surface area contributed by atoms with Gasteiger partial charge in [-0.2, -0.15) is 0 Å². The Morgan fingerprint density at radius 3 is 2.84 bits per heavy atom. The Bertz CT molecular complexity index is 585. The minimum absolute atomic E-state index is 0.257. The normalized spacial score (nSPS) is 10.0. The fourth-order valence-corrected chi connectivity index (χ4v) is 1.54. The Labute approximate surface area is 111 Å². The molecule has 2 heterocycles. The van der Waals surface area contributed by atoms with Gasteiger partial charge in [-0.15, -0.1) is 0 Å². The van der Waals surface area contributed by atoms with Crippen molar-refractivity contribution >= 4 is 11.7 Å². The average Bonchev–Trinajstić information content (AvgIpc) is 2.46. The smallest absolute Gasteiger partial charge is 0.271 e. The van der Waals surface area contributed by atoms with Gasteiger partial charge in [0.25, 0.3) is 5.91 Å². The predicted molar refractivity (Wildman–Crippen MR) is 71.7 cm³/mol. The van der Waals surface area contributed by atoms with E-state index in [0.29, 0.717) is 12.4 Å². The van der Waals surface area contributed by atoms with Crippen LogP contribution in [0.5, 0.6) is 0 Å². The first-order valence-corrected chi connectivity index (χ1v) is 5.88. The van der Waals surface area contributed by atoms with Crippen molar-refractivity contribution in [3.63, 3.8) is 0 Å². The van der Waals surface area contributed by atoms with E-state index < -0.39 is 0 Å². The van der Waals surface area contributed by atoms with Gasteiger partial charge < -0.3 is 10.6 Å². The van der Waals surface area contributed by atoms with Crippen molar-refractivity contribution in [2.45, 2.75) is 13.5 Å². The second kappa shape index (κ2) is 5.90. The zero-order chi connectivity index (χ0) is 13.7. The van der Waals surface area contributed by atoms with Crippen LogP contribution in [0.25, 0.3) is 0 Å². The van der Waals surface area contributed by atoms with E-state index in [1.165, 1.54) is 6.20 Å². The highest BCUT2D eigenvalue weighted by Crippen LogP contribution is 2.05. The van der Waals surface area contributed by atoms with E-state index in [2.05, 4.69) is 25.6 Å².